The van der Waals surface area contributed by atoms with Crippen LogP contribution in [0.25, 0.3) is 0 Å². The number of carbonyl (C=O) groups excluding carboxylic acids is 3. The number of aliphatic hydroxyl groups excluding tert-OH is 1. The van der Waals surface area contributed by atoms with E-state index >= 15 is 0 Å². The van der Waals surface area contributed by atoms with Crippen LogP contribution in [-0.4, -0.2) is 75.8 Å². The van der Waals surface area contributed by atoms with E-state index in [2.05, 4.69) is 10.6 Å². The summed E-state index contributed by atoms with van der Waals surface area (Å²) in [5.41, 5.74) is 5.77. The summed E-state index contributed by atoms with van der Waals surface area (Å²) in [6.45, 7) is 3.96. The van der Waals surface area contributed by atoms with Gasteiger partial charge in [0, 0.05) is 0 Å². The number of hydrogen-bond acceptors (Lipinski definition) is 7. The molecular weight excluding hydrogens is 376 g/mol. The molecule has 0 bridgehead atoms. The predicted molar refractivity (Wildman–Crippen MR) is 95.9 cm³/mol. The minimum absolute atomic E-state index is 0.222. The molecule has 0 spiro atoms. The van der Waals surface area contributed by atoms with Crippen LogP contribution in [0.5, 0.6) is 0 Å². The smallest absolute Gasteiger partial charge is 0.322 e. The standard InChI is InChI=1S/C16H28N4O8/c1-4-7(2)12(17)15(27)19-9(5-10(22)23)14(26)20-13(8(3)21)16(28)18-6-11(24)25/h7-9,12-13,21H,4-6,17H2,1-3H3,(H,18,28)(H,19,27)(H,20,26)(H,22,23)(H,24,25). The summed E-state index contributed by atoms with van der Waals surface area (Å²) in [5.74, 6) is -5.70. The van der Waals surface area contributed by atoms with E-state index in [1.807, 2.05) is 12.2 Å². The van der Waals surface area contributed by atoms with Gasteiger partial charge in [0.25, 0.3) is 0 Å². The molecule has 0 aliphatic heterocycles. The van der Waals surface area contributed by atoms with Gasteiger partial charge in [0.15, 0.2) is 0 Å². The third-order valence-electron chi connectivity index (χ3n) is 4.05. The zero-order valence-corrected chi connectivity index (χ0v) is 16.0. The molecular formula is C16H28N4O8. The van der Waals surface area contributed by atoms with E-state index in [0.717, 1.165) is 0 Å². The number of aliphatic carboxylic acids is 2. The first-order chi connectivity index (χ1) is 12.9. The quantitative estimate of drug-likeness (QED) is 0.181. The van der Waals surface area contributed by atoms with Crippen LogP contribution < -0.4 is 21.7 Å². The number of hydrogen-bond donors (Lipinski definition) is 7. The van der Waals surface area contributed by atoms with E-state index < -0.39 is 66.9 Å². The third kappa shape index (κ3) is 8.77. The summed E-state index contributed by atoms with van der Waals surface area (Å²) in [6, 6.07) is -4.07. The number of amides is 3. The van der Waals surface area contributed by atoms with Crippen LogP contribution in [0.1, 0.15) is 33.6 Å². The first-order valence-electron chi connectivity index (χ1n) is 8.66. The Balaban J connectivity index is 5.25. The van der Waals surface area contributed by atoms with Crippen LogP contribution in [0.4, 0.5) is 0 Å². The van der Waals surface area contributed by atoms with Crippen molar-refractivity contribution >= 4 is 29.7 Å². The Kier molecular flexibility index (Phi) is 10.7. The zero-order chi connectivity index (χ0) is 22.0. The molecule has 0 aliphatic carbocycles. The Bertz CT molecular complexity index is 595. The van der Waals surface area contributed by atoms with E-state index in [1.54, 1.807) is 6.92 Å². The van der Waals surface area contributed by atoms with Crippen LogP contribution in [0.2, 0.25) is 0 Å². The molecule has 12 nitrogen and oxygen atoms in total. The lowest BCUT2D eigenvalue weighted by Crippen LogP contribution is -2.59. The number of nitrogens with two attached hydrogens (primary N) is 1. The minimum Gasteiger partial charge on any atom is -0.481 e. The molecule has 12 heteroatoms. The molecule has 8 N–H and O–H groups in total. The maximum absolute atomic E-state index is 12.4. The molecule has 0 aromatic carbocycles. The molecule has 5 atom stereocenters. The van der Waals surface area contributed by atoms with Crippen LogP contribution in [0.15, 0.2) is 0 Å². The molecule has 3 amide bonds. The van der Waals surface area contributed by atoms with E-state index in [-0.39, 0.29) is 5.92 Å². The highest BCUT2D eigenvalue weighted by molar-refractivity contribution is 5.95. The van der Waals surface area contributed by atoms with E-state index in [4.69, 9.17) is 15.9 Å². The van der Waals surface area contributed by atoms with Crippen molar-refractivity contribution in [2.45, 2.75) is 57.8 Å². The van der Waals surface area contributed by atoms with Gasteiger partial charge in [-0.25, -0.2) is 0 Å². The molecule has 0 aromatic rings. The fourth-order valence-electron chi connectivity index (χ4n) is 2.10. The van der Waals surface area contributed by atoms with Crippen molar-refractivity contribution in [1.29, 1.82) is 0 Å². The Morgan fingerprint density at radius 3 is 1.93 bits per heavy atom. The van der Waals surface area contributed by atoms with Gasteiger partial charge < -0.3 is 37.0 Å². The van der Waals surface area contributed by atoms with Gasteiger partial charge in [-0.15, -0.1) is 0 Å². The normalized spacial score (nSPS) is 16.0. The largest absolute Gasteiger partial charge is 0.481 e. The zero-order valence-electron chi connectivity index (χ0n) is 16.0. The van der Waals surface area contributed by atoms with Crippen LogP contribution in [0.3, 0.4) is 0 Å². The predicted octanol–water partition coefficient (Wildman–Crippen LogP) is -2.61. The van der Waals surface area contributed by atoms with Gasteiger partial charge in [0.2, 0.25) is 17.7 Å². The number of rotatable bonds is 12. The average Bonchev–Trinajstić information content (AvgIpc) is 2.61. The Morgan fingerprint density at radius 2 is 1.50 bits per heavy atom. The number of aliphatic hydroxyl groups is 1. The molecule has 0 aromatic heterocycles. The molecule has 28 heavy (non-hydrogen) atoms. The van der Waals surface area contributed by atoms with Crippen LogP contribution in [-0.2, 0) is 24.0 Å². The Labute approximate surface area is 161 Å². The van der Waals surface area contributed by atoms with Crippen molar-refractivity contribution in [3.8, 4) is 0 Å². The lowest BCUT2D eigenvalue weighted by molar-refractivity contribution is -0.142. The fraction of sp³-hybridized carbons (Fsp3) is 0.688. The van der Waals surface area contributed by atoms with Crippen molar-refractivity contribution in [1.82, 2.24) is 16.0 Å². The third-order valence-corrected chi connectivity index (χ3v) is 4.05. The summed E-state index contributed by atoms with van der Waals surface area (Å²) >= 11 is 0. The summed E-state index contributed by atoms with van der Waals surface area (Å²) in [7, 11) is 0. The van der Waals surface area contributed by atoms with Crippen molar-refractivity contribution in [3.05, 3.63) is 0 Å². The van der Waals surface area contributed by atoms with Crippen LogP contribution >= 0.6 is 0 Å². The summed E-state index contributed by atoms with van der Waals surface area (Å²) in [4.78, 5) is 58.1. The van der Waals surface area contributed by atoms with Gasteiger partial charge in [-0.05, 0) is 12.8 Å². The molecule has 0 saturated carbocycles. The summed E-state index contributed by atoms with van der Waals surface area (Å²) < 4.78 is 0. The topological polar surface area (TPSA) is 208 Å². The van der Waals surface area contributed by atoms with Gasteiger partial charge in [0.05, 0.1) is 18.6 Å². The monoisotopic (exact) mass is 404 g/mol. The van der Waals surface area contributed by atoms with Crippen molar-refractivity contribution in [3.63, 3.8) is 0 Å². The highest BCUT2D eigenvalue weighted by Crippen LogP contribution is 2.06. The summed E-state index contributed by atoms with van der Waals surface area (Å²) in [5, 5.41) is 33.6. The van der Waals surface area contributed by atoms with Crippen LogP contribution in [0, 0.1) is 5.92 Å². The maximum atomic E-state index is 12.4. The molecule has 0 radical (unpaired) electrons. The minimum atomic E-state index is -1.55. The first kappa shape index (κ1) is 25.3. The van der Waals surface area contributed by atoms with E-state index in [1.165, 1.54) is 6.92 Å². The number of carboxylic acid groups (broad SMARTS) is 2. The van der Waals surface area contributed by atoms with Gasteiger partial charge >= 0.3 is 11.9 Å². The van der Waals surface area contributed by atoms with Crippen molar-refractivity contribution in [2.24, 2.45) is 11.7 Å². The van der Waals surface area contributed by atoms with Crippen molar-refractivity contribution in [2.75, 3.05) is 6.54 Å². The highest BCUT2D eigenvalue weighted by atomic mass is 16.4. The lowest BCUT2D eigenvalue weighted by Gasteiger charge is -2.25. The molecule has 160 valence electrons. The molecule has 0 saturated heterocycles. The second-order valence-electron chi connectivity index (χ2n) is 6.41. The summed E-state index contributed by atoms with van der Waals surface area (Å²) in [6.07, 6.45) is -1.62. The van der Waals surface area contributed by atoms with E-state index in [0.29, 0.717) is 6.42 Å². The maximum Gasteiger partial charge on any atom is 0.322 e. The Morgan fingerprint density at radius 1 is 0.929 bits per heavy atom. The Hall–Kier alpha value is -2.73. The second-order valence-corrected chi connectivity index (χ2v) is 6.41. The average molecular weight is 404 g/mol. The number of carbonyl (C=O) groups is 5. The lowest BCUT2D eigenvalue weighted by atomic mass is 9.99. The van der Waals surface area contributed by atoms with Gasteiger partial charge in [-0.3, -0.25) is 24.0 Å². The SMILES string of the molecule is CCC(C)C(N)C(=O)NC(CC(=O)O)C(=O)NC(C(=O)NCC(=O)O)C(C)O. The van der Waals surface area contributed by atoms with E-state index in [9.17, 15) is 29.1 Å². The molecule has 5 unspecified atom stereocenters. The van der Waals surface area contributed by atoms with Gasteiger partial charge in [0.1, 0.15) is 18.6 Å². The fourth-order valence-corrected chi connectivity index (χ4v) is 2.10. The molecule has 0 rings (SSSR count). The highest BCUT2D eigenvalue weighted by Gasteiger charge is 2.32. The van der Waals surface area contributed by atoms with Gasteiger partial charge in [-0.2, -0.15) is 0 Å². The molecule has 0 heterocycles. The molecule has 0 aliphatic rings. The number of carboxylic acids is 2. The second kappa shape index (κ2) is 11.9. The first-order valence-corrected chi connectivity index (χ1v) is 8.66. The number of nitrogens with one attached hydrogen (secondary N) is 3. The van der Waals surface area contributed by atoms with Crippen molar-refractivity contribution < 1.29 is 39.3 Å². The van der Waals surface area contributed by atoms with Gasteiger partial charge in [-0.1, -0.05) is 20.3 Å². The molecule has 0 fully saturated rings.